The molecule has 0 aliphatic carbocycles. The highest BCUT2D eigenvalue weighted by molar-refractivity contribution is 7.89. The van der Waals surface area contributed by atoms with Crippen LogP contribution in [0.2, 0.25) is 0 Å². The molecule has 0 saturated carbocycles. The minimum atomic E-state index is -3.80. The van der Waals surface area contributed by atoms with Gasteiger partial charge in [-0.15, -0.1) is 0 Å². The molecular weight excluding hydrogens is 480 g/mol. The molecule has 0 aromatic heterocycles. The average molecular weight is 511 g/mol. The van der Waals surface area contributed by atoms with Gasteiger partial charge in [-0.05, 0) is 59.5 Å². The largest absolute Gasteiger partial charge is 0.491 e. The Morgan fingerprint density at radius 1 is 1.06 bits per heavy atom. The maximum Gasteiger partial charge on any atom is 0.335 e. The highest BCUT2D eigenvalue weighted by Crippen LogP contribution is 2.25. The predicted octanol–water partition coefficient (Wildman–Crippen LogP) is 3.91. The maximum atomic E-state index is 13.2. The minimum absolute atomic E-state index is 0.0489. The SMILES string of the molecule is CC(C)CC(=O)N1C[C@@H](NS(=O)(=O)c2ccc3ccccc3c2)C[C@H]1COc1ccc(C(=O)O)cc1. The highest BCUT2D eigenvalue weighted by atomic mass is 32.2. The molecule has 2 N–H and O–H groups in total. The van der Waals surface area contributed by atoms with E-state index in [2.05, 4.69) is 4.72 Å². The zero-order valence-electron chi connectivity index (χ0n) is 20.3. The summed E-state index contributed by atoms with van der Waals surface area (Å²) in [6, 6.07) is 17.8. The van der Waals surface area contributed by atoms with Crippen molar-refractivity contribution in [1.82, 2.24) is 9.62 Å². The summed E-state index contributed by atoms with van der Waals surface area (Å²) in [5.41, 5.74) is 0.153. The van der Waals surface area contributed by atoms with E-state index in [9.17, 15) is 18.0 Å². The first-order valence-electron chi connectivity index (χ1n) is 11.9. The minimum Gasteiger partial charge on any atom is -0.491 e. The number of aromatic carboxylic acids is 1. The topological polar surface area (TPSA) is 113 Å². The Kier molecular flexibility index (Phi) is 7.61. The lowest BCUT2D eigenvalue weighted by Gasteiger charge is -2.25. The molecule has 4 rings (SSSR count). The number of fused-ring (bicyclic) bond motifs is 1. The second kappa shape index (κ2) is 10.7. The number of sulfonamides is 1. The summed E-state index contributed by atoms with van der Waals surface area (Å²) in [4.78, 5) is 25.9. The first-order valence-corrected chi connectivity index (χ1v) is 13.4. The monoisotopic (exact) mass is 510 g/mol. The van der Waals surface area contributed by atoms with Crippen molar-refractivity contribution in [3.05, 3.63) is 72.3 Å². The molecule has 8 nitrogen and oxygen atoms in total. The number of carbonyl (C=O) groups excluding carboxylic acids is 1. The fourth-order valence-corrected chi connectivity index (χ4v) is 5.72. The normalized spacial score (nSPS) is 18.0. The van der Waals surface area contributed by atoms with E-state index in [-0.39, 0.29) is 41.5 Å². The average Bonchev–Trinajstić information content (AvgIpc) is 3.24. The molecule has 1 fully saturated rings. The number of carbonyl (C=O) groups is 2. The quantitative estimate of drug-likeness (QED) is 0.451. The molecule has 2 atom stereocenters. The Morgan fingerprint density at radius 3 is 2.42 bits per heavy atom. The number of hydrogen-bond donors (Lipinski definition) is 2. The van der Waals surface area contributed by atoms with Crippen molar-refractivity contribution in [3.8, 4) is 5.75 Å². The van der Waals surface area contributed by atoms with Crippen molar-refractivity contribution in [2.45, 2.75) is 43.7 Å². The molecule has 0 unspecified atom stereocenters. The Hall–Kier alpha value is -3.43. The lowest BCUT2D eigenvalue weighted by Crippen LogP contribution is -2.41. The Bertz CT molecular complexity index is 1350. The molecule has 9 heteroatoms. The van der Waals surface area contributed by atoms with Gasteiger partial charge in [-0.1, -0.05) is 44.2 Å². The summed E-state index contributed by atoms with van der Waals surface area (Å²) in [6.07, 6.45) is 0.762. The fraction of sp³-hybridized carbons (Fsp3) is 0.333. The zero-order valence-corrected chi connectivity index (χ0v) is 21.1. The van der Waals surface area contributed by atoms with Gasteiger partial charge >= 0.3 is 5.97 Å². The molecule has 0 spiro atoms. The summed E-state index contributed by atoms with van der Waals surface area (Å²) in [5.74, 6) is -0.427. The van der Waals surface area contributed by atoms with E-state index in [1.54, 1.807) is 35.2 Å². The molecule has 1 aliphatic heterocycles. The number of likely N-dealkylation sites (tertiary alicyclic amines) is 1. The first kappa shape index (κ1) is 25.7. The van der Waals surface area contributed by atoms with E-state index < -0.39 is 22.0 Å². The number of hydrogen-bond acceptors (Lipinski definition) is 5. The summed E-state index contributed by atoms with van der Waals surface area (Å²) < 4.78 is 35.0. The third-order valence-corrected chi connectivity index (χ3v) is 7.73. The van der Waals surface area contributed by atoms with Gasteiger partial charge in [0.15, 0.2) is 0 Å². The maximum absolute atomic E-state index is 13.2. The number of nitrogens with one attached hydrogen (secondary N) is 1. The molecule has 36 heavy (non-hydrogen) atoms. The Balaban J connectivity index is 1.48. The van der Waals surface area contributed by atoms with E-state index >= 15 is 0 Å². The van der Waals surface area contributed by atoms with Gasteiger partial charge in [0, 0.05) is 19.0 Å². The molecule has 1 saturated heterocycles. The summed E-state index contributed by atoms with van der Waals surface area (Å²) in [5, 5.41) is 10.9. The molecule has 0 bridgehead atoms. The Labute approximate surface area is 210 Å². The van der Waals surface area contributed by atoms with Crippen LogP contribution in [-0.2, 0) is 14.8 Å². The van der Waals surface area contributed by atoms with Gasteiger partial charge in [-0.25, -0.2) is 17.9 Å². The van der Waals surface area contributed by atoms with Crippen LogP contribution in [-0.4, -0.2) is 55.5 Å². The Morgan fingerprint density at radius 2 is 1.75 bits per heavy atom. The summed E-state index contributed by atoms with van der Waals surface area (Å²) in [6.45, 7) is 4.35. The van der Waals surface area contributed by atoms with Crippen LogP contribution in [0.5, 0.6) is 5.75 Å². The van der Waals surface area contributed by atoms with Crippen LogP contribution < -0.4 is 9.46 Å². The number of ether oxygens (including phenoxy) is 1. The number of benzene rings is 3. The lowest BCUT2D eigenvalue weighted by atomic mass is 10.1. The van der Waals surface area contributed by atoms with Gasteiger partial charge in [0.1, 0.15) is 12.4 Å². The number of rotatable bonds is 9. The molecule has 1 heterocycles. The molecule has 0 radical (unpaired) electrons. The highest BCUT2D eigenvalue weighted by Gasteiger charge is 2.37. The van der Waals surface area contributed by atoms with Crippen LogP contribution in [0.1, 0.15) is 37.0 Å². The molecule has 1 amide bonds. The number of carboxylic acids is 1. The van der Waals surface area contributed by atoms with Gasteiger partial charge in [0.2, 0.25) is 15.9 Å². The number of carboxylic acid groups (broad SMARTS) is 1. The third kappa shape index (κ3) is 6.03. The van der Waals surface area contributed by atoms with Gasteiger partial charge in [-0.3, -0.25) is 4.79 Å². The van der Waals surface area contributed by atoms with Crippen LogP contribution >= 0.6 is 0 Å². The van der Waals surface area contributed by atoms with Crippen molar-refractivity contribution in [1.29, 1.82) is 0 Å². The molecular formula is C27H30N2O6S. The first-order chi connectivity index (χ1) is 17.1. The summed E-state index contributed by atoms with van der Waals surface area (Å²) in [7, 11) is -3.80. The van der Waals surface area contributed by atoms with E-state index in [0.29, 0.717) is 18.6 Å². The number of nitrogens with zero attached hydrogens (tertiary/aromatic N) is 1. The van der Waals surface area contributed by atoms with Gasteiger partial charge in [-0.2, -0.15) is 0 Å². The van der Waals surface area contributed by atoms with E-state index in [0.717, 1.165) is 10.8 Å². The van der Waals surface area contributed by atoms with Crippen molar-refractivity contribution in [2.75, 3.05) is 13.2 Å². The van der Waals surface area contributed by atoms with E-state index in [4.69, 9.17) is 9.84 Å². The van der Waals surface area contributed by atoms with Gasteiger partial charge in [0.25, 0.3) is 0 Å². The smallest absolute Gasteiger partial charge is 0.335 e. The van der Waals surface area contributed by atoms with Crippen molar-refractivity contribution in [2.24, 2.45) is 5.92 Å². The van der Waals surface area contributed by atoms with Crippen LogP contribution in [0, 0.1) is 5.92 Å². The molecule has 3 aromatic rings. The van der Waals surface area contributed by atoms with Crippen LogP contribution in [0.15, 0.2) is 71.6 Å². The van der Waals surface area contributed by atoms with Crippen molar-refractivity contribution in [3.63, 3.8) is 0 Å². The number of amides is 1. The molecule has 190 valence electrons. The standard InChI is InChI=1S/C27H30N2O6S/c1-18(2)13-26(30)29-16-22(15-23(29)17-35-24-10-7-20(8-11-24)27(31)32)28-36(33,34)25-12-9-19-5-3-4-6-21(19)14-25/h3-12,14,18,22-23,28H,13,15-17H2,1-2H3,(H,31,32)/t22-,23-/m0/s1. The van der Waals surface area contributed by atoms with Gasteiger partial charge < -0.3 is 14.7 Å². The fourth-order valence-electron chi connectivity index (χ4n) is 4.44. The molecule has 3 aromatic carbocycles. The second-order valence-corrected chi connectivity index (χ2v) is 11.2. The van der Waals surface area contributed by atoms with Gasteiger partial charge in [0.05, 0.1) is 16.5 Å². The molecule has 1 aliphatic rings. The predicted molar refractivity (Wildman–Crippen MR) is 137 cm³/mol. The van der Waals surface area contributed by atoms with E-state index in [1.807, 2.05) is 38.1 Å². The van der Waals surface area contributed by atoms with Crippen molar-refractivity contribution < 1.29 is 27.9 Å². The van der Waals surface area contributed by atoms with Crippen molar-refractivity contribution >= 4 is 32.7 Å². The van der Waals surface area contributed by atoms with E-state index in [1.165, 1.54) is 12.1 Å². The zero-order chi connectivity index (χ0) is 25.9. The summed E-state index contributed by atoms with van der Waals surface area (Å²) >= 11 is 0. The third-order valence-electron chi connectivity index (χ3n) is 6.21. The second-order valence-electron chi connectivity index (χ2n) is 9.50. The van der Waals surface area contributed by atoms with Crippen LogP contribution in [0.3, 0.4) is 0 Å². The van der Waals surface area contributed by atoms with Crippen LogP contribution in [0.4, 0.5) is 0 Å². The van der Waals surface area contributed by atoms with Crippen LogP contribution in [0.25, 0.3) is 10.8 Å². The lowest BCUT2D eigenvalue weighted by molar-refractivity contribution is -0.133.